The maximum atomic E-state index is 6.00. The molecule has 17 heavy (non-hydrogen) atoms. The zero-order valence-electron chi connectivity index (χ0n) is 10.5. The lowest BCUT2D eigenvalue weighted by Crippen LogP contribution is -2.27. The Bertz CT molecular complexity index is 535. The Labute approximate surface area is 102 Å². The quantitative estimate of drug-likeness (QED) is 0.822. The first-order valence-corrected chi connectivity index (χ1v) is 5.86. The van der Waals surface area contributed by atoms with Crippen LogP contribution in [-0.2, 0) is 0 Å². The fourth-order valence-electron chi connectivity index (χ4n) is 1.62. The second-order valence-corrected chi connectivity index (χ2v) is 4.77. The topological polar surface area (TPSA) is 48.1 Å². The molecule has 0 radical (unpaired) electrons. The number of hydrogen-bond donors (Lipinski definition) is 1. The normalized spacial score (nSPS) is 11.7. The highest BCUT2D eigenvalue weighted by Gasteiger charge is 2.18. The van der Waals surface area contributed by atoms with Gasteiger partial charge in [-0.2, -0.15) is 0 Å². The van der Waals surface area contributed by atoms with E-state index >= 15 is 0 Å². The summed E-state index contributed by atoms with van der Waals surface area (Å²) in [6, 6.07) is 7.60. The highest BCUT2D eigenvalue weighted by Crippen LogP contribution is 2.31. The van der Waals surface area contributed by atoms with Gasteiger partial charge in [0.05, 0.1) is 0 Å². The van der Waals surface area contributed by atoms with E-state index in [2.05, 4.69) is 25.8 Å². The van der Waals surface area contributed by atoms with E-state index in [4.69, 9.17) is 10.5 Å². The molecule has 0 aliphatic carbocycles. The number of aromatic nitrogens is 1. The third-order valence-electron chi connectivity index (χ3n) is 3.00. The monoisotopic (exact) mass is 230 g/mol. The van der Waals surface area contributed by atoms with Crippen LogP contribution in [0.15, 0.2) is 30.5 Å². The number of pyridine rings is 1. The van der Waals surface area contributed by atoms with Gasteiger partial charge in [0.25, 0.3) is 0 Å². The first-order valence-electron chi connectivity index (χ1n) is 5.86. The van der Waals surface area contributed by atoms with Crippen molar-refractivity contribution in [1.82, 2.24) is 4.98 Å². The van der Waals surface area contributed by atoms with Gasteiger partial charge in [-0.1, -0.05) is 6.92 Å². The average Bonchev–Trinajstić information content (AvgIpc) is 2.33. The molecule has 0 aliphatic rings. The number of rotatable bonds is 3. The van der Waals surface area contributed by atoms with Gasteiger partial charge in [0.2, 0.25) is 0 Å². The number of ether oxygens (including phenoxy) is 1. The molecule has 1 heterocycles. The van der Waals surface area contributed by atoms with E-state index in [1.165, 1.54) is 0 Å². The summed E-state index contributed by atoms with van der Waals surface area (Å²) >= 11 is 0. The summed E-state index contributed by atoms with van der Waals surface area (Å²) in [5.74, 6) is 0.793. The predicted molar refractivity (Wildman–Crippen MR) is 71.2 cm³/mol. The van der Waals surface area contributed by atoms with E-state index in [0.29, 0.717) is 0 Å². The predicted octanol–water partition coefficient (Wildman–Crippen LogP) is 3.38. The van der Waals surface area contributed by atoms with Crippen molar-refractivity contribution in [3.8, 4) is 5.75 Å². The Hall–Kier alpha value is -1.77. The van der Waals surface area contributed by atoms with Gasteiger partial charge in [0, 0.05) is 17.3 Å². The van der Waals surface area contributed by atoms with Crippen molar-refractivity contribution in [3.63, 3.8) is 0 Å². The lowest BCUT2D eigenvalue weighted by Gasteiger charge is -2.25. The van der Waals surface area contributed by atoms with Crippen LogP contribution in [0.3, 0.4) is 0 Å². The van der Waals surface area contributed by atoms with Crippen LogP contribution in [0.4, 0.5) is 5.69 Å². The summed E-state index contributed by atoms with van der Waals surface area (Å²) in [5, 5.41) is 0.942. The maximum Gasteiger partial charge on any atom is 0.146 e. The Morgan fingerprint density at radius 1 is 1.29 bits per heavy atom. The fourth-order valence-corrected chi connectivity index (χ4v) is 1.62. The summed E-state index contributed by atoms with van der Waals surface area (Å²) in [5.41, 5.74) is 7.29. The molecule has 0 bridgehead atoms. The zero-order valence-corrected chi connectivity index (χ0v) is 10.5. The third kappa shape index (κ3) is 2.33. The van der Waals surface area contributed by atoms with Crippen molar-refractivity contribution in [2.75, 3.05) is 5.73 Å². The van der Waals surface area contributed by atoms with Crippen molar-refractivity contribution in [3.05, 3.63) is 30.5 Å². The van der Waals surface area contributed by atoms with Gasteiger partial charge in [0.1, 0.15) is 16.9 Å². The number of benzene rings is 1. The van der Waals surface area contributed by atoms with Gasteiger partial charge in [-0.05, 0) is 44.5 Å². The molecule has 1 aromatic carbocycles. The number of hydrogen-bond acceptors (Lipinski definition) is 3. The number of nitrogen functional groups attached to an aromatic ring is 1. The van der Waals surface area contributed by atoms with Gasteiger partial charge < -0.3 is 10.5 Å². The molecule has 0 amide bonds. The molecule has 0 aliphatic heterocycles. The van der Waals surface area contributed by atoms with Crippen molar-refractivity contribution in [2.45, 2.75) is 32.8 Å². The van der Waals surface area contributed by atoms with Gasteiger partial charge >= 0.3 is 0 Å². The molecule has 2 rings (SSSR count). The van der Waals surface area contributed by atoms with Crippen LogP contribution in [0, 0.1) is 0 Å². The lowest BCUT2D eigenvalue weighted by atomic mass is 10.1. The van der Waals surface area contributed by atoms with Crippen LogP contribution < -0.4 is 10.5 Å². The molecule has 0 atom stereocenters. The minimum absolute atomic E-state index is 0.194. The van der Waals surface area contributed by atoms with Crippen LogP contribution in [0.25, 0.3) is 10.9 Å². The zero-order chi connectivity index (χ0) is 12.5. The second-order valence-electron chi connectivity index (χ2n) is 4.77. The minimum atomic E-state index is -0.194. The van der Waals surface area contributed by atoms with Crippen LogP contribution in [-0.4, -0.2) is 10.6 Å². The molecule has 0 saturated carbocycles. The molecule has 0 saturated heterocycles. The standard InChI is InChI=1S/C14H18N2O/c1-4-14(2,3)17-12-8-7-11(15)10-6-5-9-16-13(10)12/h5-9H,4,15H2,1-3H3. The largest absolute Gasteiger partial charge is 0.486 e. The number of anilines is 1. The summed E-state index contributed by atoms with van der Waals surface area (Å²) in [6.07, 6.45) is 2.69. The van der Waals surface area contributed by atoms with Crippen molar-refractivity contribution in [2.24, 2.45) is 0 Å². The van der Waals surface area contributed by atoms with E-state index in [-0.39, 0.29) is 5.60 Å². The van der Waals surface area contributed by atoms with Crippen molar-refractivity contribution in [1.29, 1.82) is 0 Å². The Balaban J connectivity index is 2.52. The van der Waals surface area contributed by atoms with Crippen LogP contribution in [0.5, 0.6) is 5.75 Å². The third-order valence-corrected chi connectivity index (χ3v) is 3.00. The lowest BCUT2D eigenvalue weighted by molar-refractivity contribution is 0.107. The fraction of sp³-hybridized carbons (Fsp3) is 0.357. The smallest absolute Gasteiger partial charge is 0.146 e. The Morgan fingerprint density at radius 2 is 2.06 bits per heavy atom. The summed E-state index contributed by atoms with van der Waals surface area (Å²) < 4.78 is 6.00. The molecule has 0 fully saturated rings. The summed E-state index contributed by atoms with van der Waals surface area (Å²) in [7, 11) is 0. The molecule has 90 valence electrons. The number of fused-ring (bicyclic) bond motifs is 1. The SMILES string of the molecule is CCC(C)(C)Oc1ccc(N)c2cccnc12. The molecular formula is C14H18N2O. The molecule has 0 spiro atoms. The van der Waals surface area contributed by atoms with E-state index in [1.54, 1.807) is 6.20 Å². The van der Waals surface area contributed by atoms with Crippen molar-refractivity contribution < 1.29 is 4.74 Å². The van der Waals surface area contributed by atoms with E-state index in [1.807, 2.05) is 24.3 Å². The van der Waals surface area contributed by atoms with Crippen LogP contribution >= 0.6 is 0 Å². The summed E-state index contributed by atoms with van der Waals surface area (Å²) in [4.78, 5) is 4.36. The second kappa shape index (κ2) is 4.24. The molecule has 2 aromatic rings. The first-order chi connectivity index (χ1) is 8.03. The molecule has 0 unspecified atom stereocenters. The Morgan fingerprint density at radius 3 is 2.76 bits per heavy atom. The van der Waals surface area contributed by atoms with Crippen LogP contribution in [0.2, 0.25) is 0 Å². The molecule has 3 heteroatoms. The van der Waals surface area contributed by atoms with Crippen molar-refractivity contribution >= 4 is 16.6 Å². The van der Waals surface area contributed by atoms with E-state index < -0.39 is 0 Å². The van der Waals surface area contributed by atoms with Gasteiger partial charge in [-0.25, -0.2) is 0 Å². The van der Waals surface area contributed by atoms with Gasteiger partial charge in [-0.3, -0.25) is 4.98 Å². The van der Waals surface area contributed by atoms with Gasteiger partial charge in [0.15, 0.2) is 0 Å². The molecule has 1 aromatic heterocycles. The molecular weight excluding hydrogens is 212 g/mol. The highest BCUT2D eigenvalue weighted by molar-refractivity contribution is 5.94. The van der Waals surface area contributed by atoms with Gasteiger partial charge in [-0.15, -0.1) is 0 Å². The van der Waals surface area contributed by atoms with Crippen LogP contribution in [0.1, 0.15) is 27.2 Å². The number of nitrogens with zero attached hydrogens (tertiary/aromatic N) is 1. The summed E-state index contributed by atoms with van der Waals surface area (Å²) in [6.45, 7) is 6.24. The molecule has 3 nitrogen and oxygen atoms in total. The minimum Gasteiger partial charge on any atom is -0.486 e. The average molecular weight is 230 g/mol. The van der Waals surface area contributed by atoms with E-state index in [0.717, 1.165) is 28.8 Å². The Kier molecular flexibility index (Phi) is 2.92. The maximum absolute atomic E-state index is 6.00. The van der Waals surface area contributed by atoms with E-state index in [9.17, 15) is 0 Å². The highest BCUT2D eigenvalue weighted by atomic mass is 16.5. The first kappa shape index (κ1) is 11.7. The number of nitrogens with two attached hydrogens (primary N) is 1. The molecule has 2 N–H and O–H groups in total.